The molecule has 0 fully saturated rings. The smallest absolute Gasteiger partial charge is 0.00699 e. The molecule has 3 rings (SSSR count). The van der Waals surface area contributed by atoms with Crippen LogP contribution in [0.1, 0.15) is 126 Å². The fraction of sp³-hybridized carbons (Fsp3) is 0.697. The Balaban J connectivity index is 2.57. The SMILES string of the molecule is CCC(C)(C)C1(C(C)(C)CC)C=C2C(=Cc3ccccc32)C(C(C)(C)CC)(C(C)(C)CC)C1. The van der Waals surface area contributed by atoms with Gasteiger partial charge in [-0.2, -0.15) is 0 Å². The maximum atomic E-state index is 2.79. The number of hydrogen-bond donors (Lipinski definition) is 0. The van der Waals surface area contributed by atoms with Gasteiger partial charge in [0.25, 0.3) is 0 Å². The lowest BCUT2D eigenvalue weighted by Gasteiger charge is -2.68. The Kier molecular flexibility index (Phi) is 6.48. The van der Waals surface area contributed by atoms with Crippen LogP contribution in [0, 0.1) is 32.5 Å². The molecule has 0 N–H and O–H groups in total. The first-order valence-corrected chi connectivity index (χ1v) is 13.7. The molecule has 184 valence electrons. The molecule has 0 saturated heterocycles. The molecule has 1 aromatic rings. The van der Waals surface area contributed by atoms with E-state index in [9.17, 15) is 0 Å². The minimum Gasteiger partial charge on any atom is -0.0690 e. The molecule has 0 bridgehead atoms. The molecule has 0 spiro atoms. The van der Waals surface area contributed by atoms with Crippen LogP contribution in [0.4, 0.5) is 0 Å². The average molecular weight is 449 g/mol. The molecule has 0 radical (unpaired) electrons. The molecule has 0 amide bonds. The third-order valence-corrected chi connectivity index (χ3v) is 11.5. The van der Waals surface area contributed by atoms with Crippen molar-refractivity contribution in [2.45, 2.75) is 115 Å². The van der Waals surface area contributed by atoms with Crippen LogP contribution < -0.4 is 0 Å². The summed E-state index contributed by atoms with van der Waals surface area (Å²) in [6, 6.07) is 9.16. The van der Waals surface area contributed by atoms with E-state index >= 15 is 0 Å². The Morgan fingerprint density at radius 2 is 1.12 bits per heavy atom. The second-order valence-electron chi connectivity index (χ2n) is 13.7. The number of benzene rings is 1. The van der Waals surface area contributed by atoms with Gasteiger partial charge in [0.15, 0.2) is 0 Å². The van der Waals surface area contributed by atoms with Crippen molar-refractivity contribution in [2.75, 3.05) is 0 Å². The van der Waals surface area contributed by atoms with Crippen molar-refractivity contribution in [3.8, 4) is 0 Å². The first-order chi connectivity index (χ1) is 15.1. The van der Waals surface area contributed by atoms with Crippen molar-refractivity contribution in [1.82, 2.24) is 0 Å². The van der Waals surface area contributed by atoms with Crippen molar-refractivity contribution in [2.24, 2.45) is 32.5 Å². The molecule has 0 aliphatic heterocycles. The Labute approximate surface area is 206 Å². The van der Waals surface area contributed by atoms with Gasteiger partial charge in [0.05, 0.1) is 0 Å². The standard InChI is InChI=1S/C33H52/c1-13-28(5,6)32(29(7,8)14-2)22-26-25-20-18-17-19-24(25)21-27(26)33(23-32,30(9,10)15-3)31(11,12)16-4/h17-22H,13-16,23H2,1-12H3. The van der Waals surface area contributed by atoms with Gasteiger partial charge in [0.1, 0.15) is 0 Å². The molecule has 2 aliphatic rings. The fourth-order valence-electron chi connectivity index (χ4n) is 7.71. The van der Waals surface area contributed by atoms with E-state index in [0.717, 1.165) is 0 Å². The number of rotatable bonds is 8. The van der Waals surface area contributed by atoms with Gasteiger partial charge in [0.2, 0.25) is 0 Å². The van der Waals surface area contributed by atoms with Crippen molar-refractivity contribution >= 4 is 11.6 Å². The van der Waals surface area contributed by atoms with Crippen LogP contribution in [0.3, 0.4) is 0 Å². The minimum atomic E-state index is 0.0888. The van der Waals surface area contributed by atoms with Crippen LogP contribution in [-0.2, 0) is 0 Å². The molecule has 0 nitrogen and oxygen atoms in total. The lowest BCUT2D eigenvalue weighted by Crippen LogP contribution is -2.60. The second kappa shape index (κ2) is 8.13. The van der Waals surface area contributed by atoms with Crippen molar-refractivity contribution in [3.05, 3.63) is 47.0 Å². The minimum absolute atomic E-state index is 0.0888. The zero-order valence-corrected chi connectivity index (χ0v) is 24.0. The van der Waals surface area contributed by atoms with Crippen molar-refractivity contribution in [3.63, 3.8) is 0 Å². The van der Waals surface area contributed by atoms with Crippen LogP contribution >= 0.6 is 0 Å². The summed E-state index contributed by atoms with van der Waals surface area (Å²) in [7, 11) is 0. The number of hydrogen-bond acceptors (Lipinski definition) is 0. The average Bonchev–Trinajstić information content (AvgIpc) is 3.16. The third-order valence-electron chi connectivity index (χ3n) is 11.5. The summed E-state index contributed by atoms with van der Waals surface area (Å²) in [5.74, 6) is 0. The van der Waals surface area contributed by atoms with Gasteiger partial charge >= 0.3 is 0 Å². The van der Waals surface area contributed by atoms with E-state index in [-0.39, 0.29) is 32.5 Å². The second-order valence-corrected chi connectivity index (χ2v) is 13.7. The highest BCUT2D eigenvalue weighted by atomic mass is 14.7. The van der Waals surface area contributed by atoms with Crippen LogP contribution in [0.25, 0.3) is 11.6 Å². The molecule has 0 aromatic heterocycles. The summed E-state index contributed by atoms with van der Waals surface area (Å²) >= 11 is 0. The van der Waals surface area contributed by atoms with Crippen LogP contribution in [0.2, 0.25) is 0 Å². The summed E-state index contributed by atoms with van der Waals surface area (Å²) < 4.78 is 0. The predicted octanol–water partition coefficient (Wildman–Crippen LogP) is 10.6. The fourth-order valence-corrected chi connectivity index (χ4v) is 7.71. The Hall–Kier alpha value is -1.30. The van der Waals surface area contributed by atoms with E-state index < -0.39 is 0 Å². The maximum absolute atomic E-state index is 2.79. The monoisotopic (exact) mass is 448 g/mol. The van der Waals surface area contributed by atoms with E-state index in [0.29, 0.717) is 0 Å². The molecule has 0 atom stereocenters. The van der Waals surface area contributed by atoms with E-state index in [1.807, 2.05) is 0 Å². The van der Waals surface area contributed by atoms with Gasteiger partial charge in [-0.25, -0.2) is 0 Å². The first kappa shape index (κ1) is 26.3. The van der Waals surface area contributed by atoms with Gasteiger partial charge in [-0.15, -0.1) is 0 Å². The topological polar surface area (TPSA) is 0 Å². The van der Waals surface area contributed by atoms with Gasteiger partial charge in [-0.3, -0.25) is 0 Å². The van der Waals surface area contributed by atoms with Gasteiger partial charge in [-0.05, 0) is 56.4 Å². The van der Waals surface area contributed by atoms with Crippen molar-refractivity contribution in [1.29, 1.82) is 0 Å². The van der Waals surface area contributed by atoms with E-state index in [2.05, 4.69) is 120 Å². The van der Waals surface area contributed by atoms with E-state index in [4.69, 9.17) is 0 Å². The molecule has 0 unspecified atom stereocenters. The number of fused-ring (bicyclic) bond motifs is 3. The molecule has 1 aromatic carbocycles. The van der Waals surface area contributed by atoms with Crippen LogP contribution in [-0.4, -0.2) is 0 Å². The quantitative estimate of drug-likeness (QED) is 0.371. The lowest BCUT2D eigenvalue weighted by molar-refractivity contribution is -0.121. The van der Waals surface area contributed by atoms with Gasteiger partial charge in [0, 0.05) is 10.8 Å². The van der Waals surface area contributed by atoms with E-state index in [1.165, 1.54) is 43.2 Å². The number of allylic oxidation sites excluding steroid dienone is 3. The predicted molar refractivity (Wildman–Crippen MR) is 148 cm³/mol. The lowest BCUT2D eigenvalue weighted by atomic mass is 9.36. The van der Waals surface area contributed by atoms with Crippen LogP contribution in [0.5, 0.6) is 0 Å². The molecule has 33 heavy (non-hydrogen) atoms. The largest absolute Gasteiger partial charge is 0.0690 e. The van der Waals surface area contributed by atoms with Crippen molar-refractivity contribution < 1.29 is 0 Å². The highest BCUT2D eigenvalue weighted by Crippen LogP contribution is 2.75. The zero-order valence-electron chi connectivity index (χ0n) is 24.0. The first-order valence-electron chi connectivity index (χ1n) is 13.7. The van der Waals surface area contributed by atoms with Gasteiger partial charge in [-0.1, -0.05) is 139 Å². The highest BCUT2D eigenvalue weighted by Gasteiger charge is 2.66. The summed E-state index contributed by atoms with van der Waals surface area (Å²) in [4.78, 5) is 0. The Bertz CT molecular complexity index is 912. The van der Waals surface area contributed by atoms with Crippen LogP contribution in [0.15, 0.2) is 35.9 Å². The summed E-state index contributed by atoms with van der Waals surface area (Å²) in [6.45, 7) is 30.2. The molecular weight excluding hydrogens is 396 g/mol. The zero-order chi connectivity index (χ0) is 25.1. The summed E-state index contributed by atoms with van der Waals surface area (Å²) in [5, 5.41) is 0. The van der Waals surface area contributed by atoms with E-state index in [1.54, 1.807) is 11.1 Å². The molecule has 0 heteroatoms. The molecular formula is C33H52. The maximum Gasteiger partial charge on any atom is 0.00699 e. The normalized spacial score (nSPS) is 20.1. The molecule has 0 heterocycles. The summed E-state index contributed by atoms with van der Waals surface area (Å²) in [5.41, 5.74) is 6.98. The molecule has 0 saturated carbocycles. The Morgan fingerprint density at radius 1 is 0.667 bits per heavy atom. The van der Waals surface area contributed by atoms with Gasteiger partial charge < -0.3 is 0 Å². The summed E-state index contributed by atoms with van der Waals surface area (Å²) in [6.07, 6.45) is 11.4. The Morgan fingerprint density at radius 3 is 1.58 bits per heavy atom. The highest BCUT2D eigenvalue weighted by molar-refractivity contribution is 5.97. The molecule has 2 aliphatic carbocycles. The third kappa shape index (κ3) is 3.36.